The lowest BCUT2D eigenvalue weighted by atomic mass is 10.3. The number of carbonyl (C=O) groups is 1. The second kappa shape index (κ2) is 7.99. The minimum atomic E-state index is -3.80. The van der Waals surface area contributed by atoms with Crippen molar-refractivity contribution in [1.82, 2.24) is 4.31 Å². The Morgan fingerprint density at radius 3 is 2.29 bits per heavy atom. The van der Waals surface area contributed by atoms with Gasteiger partial charge in [0.05, 0.1) is 11.5 Å². The third-order valence-corrected chi connectivity index (χ3v) is 4.58. The van der Waals surface area contributed by atoms with Gasteiger partial charge < -0.3 is 9.84 Å². The van der Waals surface area contributed by atoms with E-state index in [0.29, 0.717) is 18.8 Å². The molecule has 0 saturated heterocycles. The van der Waals surface area contributed by atoms with E-state index in [0.717, 1.165) is 10.7 Å². The lowest BCUT2D eigenvalue weighted by Crippen LogP contribution is -2.36. The topological polar surface area (TPSA) is 83.9 Å². The molecule has 0 aliphatic rings. The highest BCUT2D eigenvalue weighted by molar-refractivity contribution is 7.89. The SMILES string of the molecule is CCCOc1ccc(S(=O)(=O)N(CCC)CC(=O)O)cc1. The van der Waals surface area contributed by atoms with Crippen molar-refractivity contribution in [2.45, 2.75) is 31.6 Å². The fourth-order valence-electron chi connectivity index (χ4n) is 1.76. The molecule has 0 fully saturated rings. The highest BCUT2D eigenvalue weighted by Crippen LogP contribution is 2.20. The molecule has 0 heterocycles. The Kier molecular flexibility index (Phi) is 6.64. The standard InChI is InChI=1S/C14H21NO5S/c1-3-9-15(11-14(16)17)21(18,19)13-7-5-12(6-8-13)20-10-4-2/h5-8H,3-4,9-11H2,1-2H3,(H,16,17). The molecule has 7 heteroatoms. The van der Waals surface area contributed by atoms with Gasteiger partial charge in [0.15, 0.2) is 0 Å². The summed E-state index contributed by atoms with van der Waals surface area (Å²) in [7, 11) is -3.80. The maximum atomic E-state index is 12.4. The van der Waals surface area contributed by atoms with E-state index < -0.39 is 22.5 Å². The summed E-state index contributed by atoms with van der Waals surface area (Å²) in [6.45, 7) is 3.97. The lowest BCUT2D eigenvalue weighted by molar-refractivity contribution is -0.137. The zero-order chi connectivity index (χ0) is 15.9. The molecule has 1 rings (SSSR count). The maximum Gasteiger partial charge on any atom is 0.318 e. The molecule has 0 aliphatic carbocycles. The average Bonchev–Trinajstić information content (AvgIpc) is 2.44. The van der Waals surface area contributed by atoms with Gasteiger partial charge in [-0.1, -0.05) is 13.8 Å². The van der Waals surface area contributed by atoms with Crippen LogP contribution in [-0.2, 0) is 14.8 Å². The van der Waals surface area contributed by atoms with Gasteiger partial charge in [0.1, 0.15) is 12.3 Å². The smallest absolute Gasteiger partial charge is 0.318 e. The van der Waals surface area contributed by atoms with Crippen LogP contribution in [-0.4, -0.2) is 43.5 Å². The summed E-state index contributed by atoms with van der Waals surface area (Å²) in [5.41, 5.74) is 0. The largest absolute Gasteiger partial charge is 0.494 e. The summed E-state index contributed by atoms with van der Waals surface area (Å²) in [5.74, 6) is -0.578. The van der Waals surface area contributed by atoms with Crippen LogP contribution < -0.4 is 4.74 Å². The molecule has 0 radical (unpaired) electrons. The molecule has 118 valence electrons. The molecule has 0 aliphatic heterocycles. The number of carboxylic acids is 1. The summed E-state index contributed by atoms with van der Waals surface area (Å²) in [4.78, 5) is 10.9. The van der Waals surface area contributed by atoms with Crippen LogP contribution in [0.3, 0.4) is 0 Å². The minimum Gasteiger partial charge on any atom is -0.494 e. The number of hydrogen-bond donors (Lipinski definition) is 1. The predicted molar refractivity (Wildman–Crippen MR) is 78.9 cm³/mol. The first-order chi connectivity index (χ1) is 9.91. The molecule has 0 saturated carbocycles. The van der Waals surface area contributed by atoms with Gasteiger partial charge in [0, 0.05) is 6.54 Å². The van der Waals surface area contributed by atoms with Crippen LogP contribution in [0.4, 0.5) is 0 Å². The van der Waals surface area contributed by atoms with Crippen molar-refractivity contribution < 1.29 is 23.1 Å². The van der Waals surface area contributed by atoms with Gasteiger partial charge in [-0.25, -0.2) is 8.42 Å². The average molecular weight is 315 g/mol. The van der Waals surface area contributed by atoms with Gasteiger partial charge >= 0.3 is 5.97 Å². The fraction of sp³-hybridized carbons (Fsp3) is 0.500. The highest BCUT2D eigenvalue weighted by Gasteiger charge is 2.25. The first kappa shape index (κ1) is 17.5. The number of sulfonamides is 1. The molecule has 0 amide bonds. The summed E-state index contributed by atoms with van der Waals surface area (Å²) >= 11 is 0. The fourth-order valence-corrected chi connectivity index (χ4v) is 3.24. The molecule has 0 atom stereocenters. The van der Waals surface area contributed by atoms with Crippen molar-refractivity contribution in [2.24, 2.45) is 0 Å². The number of ether oxygens (including phenoxy) is 1. The quantitative estimate of drug-likeness (QED) is 0.753. The van der Waals surface area contributed by atoms with E-state index >= 15 is 0 Å². The van der Waals surface area contributed by atoms with Crippen LogP contribution in [0.15, 0.2) is 29.2 Å². The molecule has 21 heavy (non-hydrogen) atoms. The zero-order valence-corrected chi connectivity index (χ0v) is 13.1. The van der Waals surface area contributed by atoms with Crippen LogP contribution in [0.1, 0.15) is 26.7 Å². The second-order valence-electron chi connectivity index (χ2n) is 4.55. The molecule has 1 aromatic rings. The van der Waals surface area contributed by atoms with Gasteiger partial charge in [-0.2, -0.15) is 4.31 Å². The number of aliphatic carboxylic acids is 1. The van der Waals surface area contributed by atoms with Gasteiger partial charge in [-0.15, -0.1) is 0 Å². The number of benzene rings is 1. The second-order valence-corrected chi connectivity index (χ2v) is 6.49. The van der Waals surface area contributed by atoms with E-state index in [1.165, 1.54) is 12.1 Å². The Hall–Kier alpha value is -1.60. The van der Waals surface area contributed by atoms with Crippen molar-refractivity contribution in [2.75, 3.05) is 19.7 Å². The van der Waals surface area contributed by atoms with E-state index in [4.69, 9.17) is 9.84 Å². The zero-order valence-electron chi connectivity index (χ0n) is 12.3. The highest BCUT2D eigenvalue weighted by atomic mass is 32.2. The van der Waals surface area contributed by atoms with E-state index in [-0.39, 0.29) is 11.4 Å². The predicted octanol–water partition coefficient (Wildman–Crippen LogP) is 1.96. The number of nitrogens with zero attached hydrogens (tertiary/aromatic N) is 1. The van der Waals surface area contributed by atoms with E-state index in [1.807, 2.05) is 6.92 Å². The molecular formula is C14H21NO5S. The summed E-state index contributed by atoms with van der Waals surface area (Å²) in [5, 5.41) is 8.84. The number of hydrogen-bond acceptors (Lipinski definition) is 4. The lowest BCUT2D eigenvalue weighted by Gasteiger charge is -2.19. The molecule has 0 unspecified atom stereocenters. The van der Waals surface area contributed by atoms with Crippen molar-refractivity contribution in [3.05, 3.63) is 24.3 Å². The van der Waals surface area contributed by atoms with E-state index in [9.17, 15) is 13.2 Å². The minimum absolute atomic E-state index is 0.0704. The van der Waals surface area contributed by atoms with Gasteiger partial charge in [0.2, 0.25) is 10.0 Å². The first-order valence-corrected chi connectivity index (χ1v) is 8.30. The Morgan fingerprint density at radius 1 is 1.19 bits per heavy atom. The monoisotopic (exact) mass is 315 g/mol. The molecule has 0 spiro atoms. The Balaban J connectivity index is 2.96. The Morgan fingerprint density at radius 2 is 1.81 bits per heavy atom. The molecular weight excluding hydrogens is 294 g/mol. The number of rotatable bonds is 9. The Labute approximate surface area is 125 Å². The van der Waals surface area contributed by atoms with Gasteiger partial charge in [0.25, 0.3) is 0 Å². The molecule has 6 nitrogen and oxygen atoms in total. The first-order valence-electron chi connectivity index (χ1n) is 6.86. The van der Waals surface area contributed by atoms with Gasteiger partial charge in [-0.3, -0.25) is 4.79 Å². The number of carboxylic acid groups (broad SMARTS) is 1. The van der Waals surface area contributed by atoms with Crippen LogP contribution in [0.25, 0.3) is 0 Å². The van der Waals surface area contributed by atoms with Gasteiger partial charge in [-0.05, 0) is 37.1 Å². The van der Waals surface area contributed by atoms with Crippen molar-refractivity contribution >= 4 is 16.0 Å². The van der Waals surface area contributed by atoms with Crippen LogP contribution >= 0.6 is 0 Å². The van der Waals surface area contributed by atoms with E-state index in [1.54, 1.807) is 19.1 Å². The van der Waals surface area contributed by atoms with Crippen LogP contribution in [0, 0.1) is 0 Å². The van der Waals surface area contributed by atoms with Crippen molar-refractivity contribution in [3.8, 4) is 5.75 Å². The third kappa shape index (κ3) is 5.02. The molecule has 1 aromatic carbocycles. The molecule has 1 N–H and O–H groups in total. The van der Waals surface area contributed by atoms with E-state index in [2.05, 4.69) is 0 Å². The van der Waals surface area contributed by atoms with Crippen LogP contribution in [0.5, 0.6) is 5.75 Å². The molecule has 0 bridgehead atoms. The third-order valence-electron chi connectivity index (χ3n) is 2.72. The van der Waals surface area contributed by atoms with Crippen molar-refractivity contribution in [3.63, 3.8) is 0 Å². The normalized spacial score (nSPS) is 11.6. The summed E-state index contributed by atoms with van der Waals surface area (Å²) < 4.78 is 31.2. The molecule has 0 aromatic heterocycles. The maximum absolute atomic E-state index is 12.4. The Bertz CT molecular complexity index is 553. The van der Waals surface area contributed by atoms with Crippen LogP contribution in [0.2, 0.25) is 0 Å². The van der Waals surface area contributed by atoms with Crippen molar-refractivity contribution in [1.29, 1.82) is 0 Å². The summed E-state index contributed by atoms with van der Waals surface area (Å²) in [6, 6.07) is 6.02. The summed E-state index contributed by atoms with van der Waals surface area (Å²) in [6.07, 6.45) is 1.41.